The summed E-state index contributed by atoms with van der Waals surface area (Å²) >= 11 is 0. The molecule has 3 rings (SSSR count). The van der Waals surface area contributed by atoms with Gasteiger partial charge in [0.2, 0.25) is 0 Å². The first kappa shape index (κ1) is 34.4. The number of hydrogen-bond donors (Lipinski definition) is 9. The van der Waals surface area contributed by atoms with Crippen molar-refractivity contribution in [1.82, 2.24) is 0 Å². The maximum atomic E-state index is 10.8. The molecule has 0 saturated carbocycles. The molecule has 0 aromatic carbocycles. The van der Waals surface area contributed by atoms with E-state index in [9.17, 15) is 29.7 Å². The summed E-state index contributed by atoms with van der Waals surface area (Å²) in [6.45, 7) is -2.13. The van der Waals surface area contributed by atoms with E-state index in [-0.39, 0.29) is 35.6 Å². The summed E-state index contributed by atoms with van der Waals surface area (Å²) in [5.74, 6) is -9.61. The zero-order valence-corrected chi connectivity index (χ0v) is 22.0. The van der Waals surface area contributed by atoms with Crippen molar-refractivity contribution in [3.05, 3.63) is 34.6 Å². The van der Waals surface area contributed by atoms with Crippen LogP contribution in [0.1, 0.15) is 0 Å². The van der Waals surface area contributed by atoms with Gasteiger partial charge in [-0.15, -0.1) is 0 Å². The molecule has 6 atom stereocenters. The van der Waals surface area contributed by atoms with Crippen LogP contribution in [0.4, 0.5) is 0 Å². The van der Waals surface area contributed by atoms with E-state index < -0.39 is 109 Å². The summed E-state index contributed by atoms with van der Waals surface area (Å²) in [6.07, 6.45) is -8.85. The molecular weight excluding hydrogens is 643 g/mol. The van der Waals surface area contributed by atoms with Gasteiger partial charge in [0, 0.05) is 0 Å². The summed E-state index contributed by atoms with van der Waals surface area (Å²) in [5, 5.41) is 110. The van der Waals surface area contributed by atoms with Crippen LogP contribution in [0.25, 0.3) is 0 Å². The molecule has 3 aliphatic heterocycles. The maximum absolute atomic E-state index is 10.8. The number of esters is 3. The van der Waals surface area contributed by atoms with Crippen LogP contribution in [0.5, 0.6) is 0 Å². The van der Waals surface area contributed by atoms with Crippen molar-refractivity contribution in [2.24, 2.45) is 0 Å². The molecule has 9 N–H and O–H groups in total. The van der Waals surface area contributed by atoms with Gasteiger partial charge in [-0.1, -0.05) is 0 Å². The molecule has 0 saturated heterocycles. The molecule has 37 heavy (non-hydrogen) atoms. The molecular formula is C18H21LaO18. The van der Waals surface area contributed by atoms with Crippen LogP contribution in [0, 0.1) is 35.6 Å². The van der Waals surface area contributed by atoms with Gasteiger partial charge < -0.3 is 75.5 Å². The number of hydrogen-bond acceptors (Lipinski definition) is 18. The molecule has 0 aromatic rings. The third-order valence-electron chi connectivity index (χ3n) is 4.37. The molecule has 204 valence electrons. The summed E-state index contributed by atoms with van der Waals surface area (Å²) in [5.41, 5.74) is 0. The Morgan fingerprint density at radius 1 is 0.568 bits per heavy atom. The van der Waals surface area contributed by atoms with Crippen molar-refractivity contribution in [2.75, 3.05) is 19.8 Å². The van der Waals surface area contributed by atoms with Crippen molar-refractivity contribution in [3.8, 4) is 0 Å². The van der Waals surface area contributed by atoms with Gasteiger partial charge in [-0.05, 0) is 17.3 Å². The Labute approximate surface area is 233 Å². The van der Waals surface area contributed by atoms with Gasteiger partial charge in [0.15, 0.2) is 17.3 Å². The number of carbonyl (C=O) groups excluding carboxylic acids is 3. The Morgan fingerprint density at radius 2 is 0.757 bits per heavy atom. The fourth-order valence-corrected chi connectivity index (χ4v) is 2.43. The van der Waals surface area contributed by atoms with Gasteiger partial charge in [0.25, 0.3) is 0 Å². The number of ether oxygens (including phenoxy) is 3. The minimum atomic E-state index is -1.48. The number of carbonyl (C=O) groups is 3. The third-order valence-corrected chi connectivity index (χ3v) is 4.37. The standard InChI is InChI=1S/3C6H8O6.La/c3*7-1-2(8)5-3(9)4(10)6(11)12-5;/h3*2,5,7-10H,1H2;/q;;;+3/p-3/t3*2?,5-;/m111./s1. The Balaban J connectivity index is 0.000000518. The van der Waals surface area contributed by atoms with Crippen molar-refractivity contribution < 1.29 is 125 Å². The molecule has 0 fully saturated rings. The van der Waals surface area contributed by atoms with Crippen LogP contribution in [-0.2, 0) is 28.6 Å². The normalized spacial score (nSPS) is 25.1. The zero-order chi connectivity index (χ0) is 27.9. The van der Waals surface area contributed by atoms with Crippen molar-refractivity contribution in [1.29, 1.82) is 0 Å². The van der Waals surface area contributed by atoms with Crippen LogP contribution >= 0.6 is 0 Å². The fourth-order valence-electron chi connectivity index (χ4n) is 2.43. The summed E-state index contributed by atoms with van der Waals surface area (Å²) < 4.78 is 12.8. The first-order valence-corrected chi connectivity index (χ1v) is 9.53. The number of aliphatic hydroxyl groups is 9. The smallest absolute Gasteiger partial charge is 0.870 e. The SMILES string of the molecule is O=C1O[C@H](C(O)CO)C([O-])=C1O.O=C1O[C@H](C(O)CO)C([O-])=C1O.O=C1O[C@H](C(O)CO)C([O-])=C1O.[La+3]. The molecule has 0 bridgehead atoms. The van der Waals surface area contributed by atoms with E-state index in [0.717, 1.165) is 0 Å². The van der Waals surface area contributed by atoms with Gasteiger partial charge in [-0.3, -0.25) is 0 Å². The molecule has 0 aliphatic carbocycles. The second-order valence-corrected chi connectivity index (χ2v) is 6.87. The fraction of sp³-hybridized carbons (Fsp3) is 0.500. The Hall–Kier alpha value is -2.62. The summed E-state index contributed by atoms with van der Waals surface area (Å²) in [7, 11) is 0. The van der Waals surface area contributed by atoms with Crippen LogP contribution in [0.15, 0.2) is 34.6 Å². The van der Waals surface area contributed by atoms with Crippen LogP contribution < -0.4 is 15.3 Å². The van der Waals surface area contributed by atoms with E-state index >= 15 is 0 Å². The predicted molar refractivity (Wildman–Crippen MR) is 97.9 cm³/mol. The second kappa shape index (κ2) is 15.0. The van der Waals surface area contributed by atoms with E-state index in [1.807, 2.05) is 0 Å². The minimum Gasteiger partial charge on any atom is -0.870 e. The average molecular weight is 664 g/mol. The molecule has 3 heterocycles. The topological polar surface area (TPSA) is 330 Å². The van der Waals surface area contributed by atoms with Crippen LogP contribution in [0.2, 0.25) is 0 Å². The predicted octanol–water partition coefficient (Wildman–Crippen LogP) is -7.82. The maximum Gasteiger partial charge on any atom is 3.00 e. The van der Waals surface area contributed by atoms with Gasteiger partial charge in [-0.25, -0.2) is 14.4 Å². The molecule has 19 heteroatoms. The molecule has 0 aromatic heterocycles. The summed E-state index contributed by atoms with van der Waals surface area (Å²) in [4.78, 5) is 31.5. The monoisotopic (exact) mass is 664 g/mol. The van der Waals surface area contributed by atoms with E-state index in [1.54, 1.807) is 0 Å². The van der Waals surface area contributed by atoms with Crippen molar-refractivity contribution in [3.63, 3.8) is 0 Å². The molecule has 18 nitrogen and oxygen atoms in total. The largest absolute Gasteiger partial charge is 3.00 e. The van der Waals surface area contributed by atoms with Gasteiger partial charge >= 0.3 is 53.5 Å². The van der Waals surface area contributed by atoms with Gasteiger partial charge in [-0.2, -0.15) is 0 Å². The number of cyclic esters (lactones) is 3. The minimum absolute atomic E-state index is 0. The van der Waals surface area contributed by atoms with E-state index in [2.05, 4.69) is 14.2 Å². The molecule has 3 unspecified atom stereocenters. The number of aliphatic hydroxyl groups excluding tert-OH is 9. The molecule has 0 amide bonds. The summed E-state index contributed by atoms with van der Waals surface area (Å²) in [6, 6.07) is 0. The molecule has 0 spiro atoms. The van der Waals surface area contributed by atoms with Gasteiger partial charge in [0.1, 0.15) is 36.6 Å². The van der Waals surface area contributed by atoms with E-state index in [4.69, 9.17) is 46.0 Å². The van der Waals surface area contributed by atoms with E-state index in [1.165, 1.54) is 0 Å². The molecule has 3 aliphatic rings. The van der Waals surface area contributed by atoms with Gasteiger partial charge in [0.05, 0.1) is 19.8 Å². The van der Waals surface area contributed by atoms with Crippen LogP contribution in [-0.4, -0.2) is 120 Å². The number of rotatable bonds is 6. The Kier molecular flexibility index (Phi) is 13.9. The average Bonchev–Trinajstić information content (AvgIpc) is 3.40. The van der Waals surface area contributed by atoms with E-state index in [0.29, 0.717) is 0 Å². The Morgan fingerprint density at radius 3 is 0.865 bits per heavy atom. The Bertz CT molecular complexity index is 822. The first-order valence-electron chi connectivity index (χ1n) is 9.53. The van der Waals surface area contributed by atoms with Crippen molar-refractivity contribution in [2.45, 2.75) is 36.6 Å². The zero-order valence-electron chi connectivity index (χ0n) is 18.4. The quantitative estimate of drug-likeness (QED) is 0.0940. The van der Waals surface area contributed by atoms with Crippen LogP contribution in [0.3, 0.4) is 0 Å². The molecule has 0 radical (unpaired) electrons. The first-order chi connectivity index (χ1) is 16.7. The van der Waals surface area contributed by atoms with Crippen molar-refractivity contribution >= 4 is 17.9 Å². The second-order valence-electron chi connectivity index (χ2n) is 6.87. The third kappa shape index (κ3) is 8.18.